The summed E-state index contributed by atoms with van der Waals surface area (Å²) in [5, 5.41) is 0. The number of rotatable bonds is 10. The largest absolute Gasteiger partial charge is 0.490 e. The van der Waals surface area contributed by atoms with Gasteiger partial charge < -0.3 is 18.9 Å². The summed E-state index contributed by atoms with van der Waals surface area (Å²) < 4.78 is 21.3. The third kappa shape index (κ3) is 5.91. The van der Waals surface area contributed by atoms with Gasteiger partial charge in [-0.25, -0.2) is 9.97 Å². The van der Waals surface area contributed by atoms with Crippen molar-refractivity contribution < 1.29 is 23.7 Å². The van der Waals surface area contributed by atoms with Gasteiger partial charge in [-0.3, -0.25) is 4.79 Å². The van der Waals surface area contributed by atoms with Crippen molar-refractivity contribution in [1.29, 1.82) is 0 Å². The minimum absolute atomic E-state index is 0.374. The molecule has 122 valence electrons. The number of pyridine rings is 2. The number of carbonyl (C=O) groups excluding carboxylic acids is 1. The van der Waals surface area contributed by atoms with Crippen molar-refractivity contribution in [2.45, 2.75) is 0 Å². The second-order valence-corrected chi connectivity index (χ2v) is 4.38. The van der Waals surface area contributed by atoms with E-state index in [2.05, 4.69) is 9.97 Å². The summed E-state index contributed by atoms with van der Waals surface area (Å²) in [4.78, 5) is 18.4. The van der Waals surface area contributed by atoms with Gasteiger partial charge in [0.25, 0.3) is 0 Å². The normalized spacial score (nSPS) is 10.1. The maximum absolute atomic E-state index is 10.5. The maximum Gasteiger partial charge on any atom is 0.213 e. The molecule has 0 saturated carbocycles. The van der Waals surface area contributed by atoms with E-state index in [1.807, 2.05) is 0 Å². The maximum atomic E-state index is 10.5. The Kier molecular flexibility index (Phi) is 6.80. The summed E-state index contributed by atoms with van der Waals surface area (Å²) in [6.45, 7) is 1.69. The van der Waals surface area contributed by atoms with E-state index < -0.39 is 0 Å². The number of methoxy groups -OCH3 is 1. The molecule has 7 nitrogen and oxygen atoms in total. The van der Waals surface area contributed by atoms with Crippen LogP contribution in [0.4, 0.5) is 0 Å². The van der Waals surface area contributed by atoms with Crippen LogP contribution in [0.5, 0.6) is 17.4 Å². The average Bonchev–Trinajstić information content (AvgIpc) is 2.62. The molecular weight excluding hydrogens is 300 g/mol. The molecule has 0 aliphatic rings. The molecular formula is C16H18N2O5. The van der Waals surface area contributed by atoms with Crippen LogP contribution in [-0.4, -0.2) is 49.8 Å². The molecule has 0 fully saturated rings. The van der Waals surface area contributed by atoms with Gasteiger partial charge in [0.2, 0.25) is 5.88 Å². The zero-order valence-corrected chi connectivity index (χ0v) is 12.8. The van der Waals surface area contributed by atoms with Crippen molar-refractivity contribution in [3.63, 3.8) is 0 Å². The molecule has 0 unspecified atom stereocenters. The molecule has 0 radical (unpaired) electrons. The first-order valence-electron chi connectivity index (χ1n) is 7.06. The van der Waals surface area contributed by atoms with Gasteiger partial charge in [-0.1, -0.05) is 0 Å². The van der Waals surface area contributed by atoms with Gasteiger partial charge in [0.1, 0.15) is 30.4 Å². The fraction of sp³-hybridized carbons (Fsp3) is 0.312. The van der Waals surface area contributed by atoms with E-state index in [0.29, 0.717) is 55.8 Å². The lowest BCUT2D eigenvalue weighted by molar-refractivity contribution is 0.0762. The third-order valence-electron chi connectivity index (χ3n) is 2.79. The first-order chi connectivity index (χ1) is 11.3. The van der Waals surface area contributed by atoms with Crippen LogP contribution >= 0.6 is 0 Å². The van der Waals surface area contributed by atoms with Gasteiger partial charge in [-0.05, 0) is 18.2 Å². The Hall–Kier alpha value is -2.67. The second-order valence-electron chi connectivity index (χ2n) is 4.38. The summed E-state index contributed by atoms with van der Waals surface area (Å²) in [6.07, 6.45) is 3.78. The Labute approximate surface area is 134 Å². The van der Waals surface area contributed by atoms with Gasteiger partial charge in [0, 0.05) is 6.07 Å². The molecule has 23 heavy (non-hydrogen) atoms. The fourth-order valence-corrected chi connectivity index (χ4v) is 1.66. The Bertz CT molecular complexity index is 586. The number of aldehydes is 1. The molecule has 0 spiro atoms. The average molecular weight is 318 g/mol. The predicted molar refractivity (Wildman–Crippen MR) is 82.2 cm³/mol. The first-order valence-corrected chi connectivity index (χ1v) is 7.06. The molecule has 0 amide bonds. The van der Waals surface area contributed by atoms with Gasteiger partial charge >= 0.3 is 0 Å². The van der Waals surface area contributed by atoms with E-state index in [9.17, 15) is 4.79 Å². The molecule has 2 aromatic rings. The highest BCUT2D eigenvalue weighted by Gasteiger charge is 1.98. The van der Waals surface area contributed by atoms with Crippen molar-refractivity contribution in [2.24, 2.45) is 0 Å². The SMILES string of the molecule is COc1ccc(OCCOCCOc2ccc(C=O)nc2)cn1. The quantitative estimate of drug-likeness (QED) is 0.488. The van der Waals surface area contributed by atoms with E-state index in [1.54, 1.807) is 37.6 Å². The van der Waals surface area contributed by atoms with Crippen molar-refractivity contribution in [2.75, 3.05) is 33.5 Å². The van der Waals surface area contributed by atoms with Gasteiger partial charge in [0.05, 0.1) is 32.7 Å². The van der Waals surface area contributed by atoms with Gasteiger partial charge in [-0.15, -0.1) is 0 Å². The van der Waals surface area contributed by atoms with E-state index in [1.165, 1.54) is 6.20 Å². The van der Waals surface area contributed by atoms with Gasteiger partial charge in [0.15, 0.2) is 6.29 Å². The van der Waals surface area contributed by atoms with E-state index in [-0.39, 0.29) is 0 Å². The highest BCUT2D eigenvalue weighted by Crippen LogP contribution is 2.13. The van der Waals surface area contributed by atoms with Crippen molar-refractivity contribution in [3.05, 3.63) is 42.4 Å². The summed E-state index contributed by atoms with van der Waals surface area (Å²) in [5.74, 6) is 1.80. The molecule has 2 rings (SSSR count). The van der Waals surface area contributed by atoms with Crippen LogP contribution in [0, 0.1) is 0 Å². The van der Waals surface area contributed by atoms with Crippen LogP contribution in [0.15, 0.2) is 36.7 Å². The number of aromatic nitrogens is 2. The molecule has 2 heterocycles. The summed E-state index contributed by atoms with van der Waals surface area (Å²) in [6, 6.07) is 6.80. The van der Waals surface area contributed by atoms with Crippen LogP contribution in [0.25, 0.3) is 0 Å². The summed E-state index contributed by atoms with van der Waals surface area (Å²) >= 11 is 0. The molecule has 0 saturated heterocycles. The lowest BCUT2D eigenvalue weighted by Gasteiger charge is -2.08. The highest BCUT2D eigenvalue weighted by molar-refractivity contribution is 5.71. The monoisotopic (exact) mass is 318 g/mol. The summed E-state index contributed by atoms with van der Waals surface area (Å²) in [5.41, 5.74) is 0.374. The molecule has 0 N–H and O–H groups in total. The highest BCUT2D eigenvalue weighted by atomic mass is 16.5. The Morgan fingerprint density at radius 2 is 1.57 bits per heavy atom. The zero-order valence-electron chi connectivity index (χ0n) is 12.8. The summed E-state index contributed by atoms with van der Waals surface area (Å²) in [7, 11) is 1.56. The number of hydrogen-bond donors (Lipinski definition) is 0. The van der Waals surface area contributed by atoms with Crippen molar-refractivity contribution >= 4 is 6.29 Å². The first kappa shape index (κ1) is 16.7. The number of carbonyl (C=O) groups is 1. The molecule has 0 aliphatic carbocycles. The van der Waals surface area contributed by atoms with Crippen molar-refractivity contribution in [3.8, 4) is 17.4 Å². The minimum atomic E-state index is 0.374. The standard InChI is InChI=1S/C16H18N2O5/c1-20-16-5-4-15(11-18-16)23-9-7-21-6-8-22-14-3-2-13(12-19)17-10-14/h2-5,10-12H,6-9H2,1H3. The topological polar surface area (TPSA) is 79.8 Å². The van der Waals surface area contributed by atoms with Gasteiger partial charge in [-0.2, -0.15) is 0 Å². The smallest absolute Gasteiger partial charge is 0.213 e. The van der Waals surface area contributed by atoms with Crippen LogP contribution in [0.1, 0.15) is 10.5 Å². The number of nitrogens with zero attached hydrogens (tertiary/aromatic N) is 2. The predicted octanol–water partition coefficient (Wildman–Crippen LogP) is 1.77. The fourth-order valence-electron chi connectivity index (χ4n) is 1.66. The van der Waals surface area contributed by atoms with Crippen LogP contribution in [0.2, 0.25) is 0 Å². The Morgan fingerprint density at radius 3 is 2.04 bits per heavy atom. The van der Waals surface area contributed by atoms with E-state index in [0.717, 1.165) is 0 Å². The lowest BCUT2D eigenvalue weighted by atomic mass is 10.4. The molecule has 2 aromatic heterocycles. The molecule has 0 atom stereocenters. The number of ether oxygens (including phenoxy) is 4. The molecule has 7 heteroatoms. The second kappa shape index (κ2) is 9.37. The van der Waals surface area contributed by atoms with E-state index >= 15 is 0 Å². The third-order valence-corrected chi connectivity index (χ3v) is 2.79. The molecule has 0 bridgehead atoms. The van der Waals surface area contributed by atoms with Crippen LogP contribution < -0.4 is 14.2 Å². The van der Waals surface area contributed by atoms with E-state index in [4.69, 9.17) is 18.9 Å². The van der Waals surface area contributed by atoms with Crippen LogP contribution in [0.3, 0.4) is 0 Å². The lowest BCUT2D eigenvalue weighted by Crippen LogP contribution is -2.12. The minimum Gasteiger partial charge on any atom is -0.490 e. The molecule has 0 aromatic carbocycles. The Morgan fingerprint density at radius 1 is 0.913 bits per heavy atom. The zero-order chi connectivity index (χ0) is 16.3. The molecule has 0 aliphatic heterocycles. The van der Waals surface area contributed by atoms with Crippen LogP contribution in [-0.2, 0) is 4.74 Å². The number of hydrogen-bond acceptors (Lipinski definition) is 7. The Balaban J connectivity index is 1.54. The van der Waals surface area contributed by atoms with Crippen molar-refractivity contribution in [1.82, 2.24) is 9.97 Å².